The van der Waals surface area contributed by atoms with E-state index in [0.29, 0.717) is 6.54 Å². The van der Waals surface area contributed by atoms with Gasteiger partial charge < -0.3 is 15.0 Å². The van der Waals surface area contributed by atoms with Crippen LogP contribution in [0, 0.1) is 6.92 Å². The second-order valence-electron chi connectivity index (χ2n) is 4.93. The summed E-state index contributed by atoms with van der Waals surface area (Å²) in [7, 11) is 3.31. The third-order valence-electron chi connectivity index (χ3n) is 3.63. The van der Waals surface area contributed by atoms with Crippen LogP contribution in [0.4, 0.5) is 14.5 Å². The number of alkyl halides is 2. The summed E-state index contributed by atoms with van der Waals surface area (Å²) in [6.45, 7) is 2.29. The van der Waals surface area contributed by atoms with Crippen molar-refractivity contribution in [3.63, 3.8) is 0 Å². The minimum absolute atomic E-state index is 0.122. The minimum Gasteiger partial charge on any atom is -0.495 e. The second kappa shape index (κ2) is 5.33. The van der Waals surface area contributed by atoms with Crippen molar-refractivity contribution in [3.05, 3.63) is 23.8 Å². The zero-order chi connectivity index (χ0) is 14.0. The Hall–Kier alpha value is -1.36. The number of benzene rings is 1. The lowest BCUT2D eigenvalue weighted by molar-refractivity contribution is -0.0366. The third kappa shape index (κ3) is 2.81. The maximum absolute atomic E-state index is 13.5. The number of para-hydroxylation sites is 1. The Morgan fingerprint density at radius 2 is 2.16 bits per heavy atom. The van der Waals surface area contributed by atoms with E-state index in [1.165, 1.54) is 0 Å². The molecular weight excluding hydrogens is 250 g/mol. The van der Waals surface area contributed by atoms with Gasteiger partial charge in [-0.15, -0.1) is 0 Å². The Morgan fingerprint density at radius 3 is 2.79 bits per heavy atom. The Balaban J connectivity index is 2.36. The van der Waals surface area contributed by atoms with Crippen molar-refractivity contribution in [2.75, 3.05) is 25.6 Å². The molecule has 1 aliphatic heterocycles. The molecule has 1 aromatic rings. The molecule has 0 saturated carbocycles. The van der Waals surface area contributed by atoms with Crippen LogP contribution in [0.3, 0.4) is 0 Å². The zero-order valence-corrected chi connectivity index (χ0v) is 11.5. The van der Waals surface area contributed by atoms with E-state index >= 15 is 0 Å². The van der Waals surface area contributed by atoms with E-state index < -0.39 is 5.92 Å². The van der Waals surface area contributed by atoms with Crippen LogP contribution in [-0.2, 0) is 0 Å². The topological polar surface area (TPSA) is 24.5 Å². The number of piperidine rings is 1. The van der Waals surface area contributed by atoms with Crippen LogP contribution in [-0.4, -0.2) is 32.8 Å². The Bertz CT molecular complexity index is 451. The molecule has 5 heteroatoms. The lowest BCUT2D eigenvalue weighted by Crippen LogP contribution is -2.53. The van der Waals surface area contributed by atoms with Gasteiger partial charge in [-0.05, 0) is 25.6 Å². The van der Waals surface area contributed by atoms with E-state index in [9.17, 15) is 8.78 Å². The van der Waals surface area contributed by atoms with E-state index in [0.717, 1.165) is 17.0 Å². The molecule has 1 aliphatic rings. The van der Waals surface area contributed by atoms with Crippen LogP contribution in [0.1, 0.15) is 18.4 Å². The van der Waals surface area contributed by atoms with Gasteiger partial charge >= 0.3 is 0 Å². The molecule has 1 N–H and O–H groups in total. The van der Waals surface area contributed by atoms with Crippen molar-refractivity contribution in [2.24, 2.45) is 0 Å². The maximum atomic E-state index is 13.5. The predicted molar refractivity (Wildman–Crippen MR) is 72.1 cm³/mol. The maximum Gasteiger partial charge on any atom is 0.253 e. The summed E-state index contributed by atoms with van der Waals surface area (Å²) in [6, 6.07) is 5.74. The number of hydrogen-bond donors (Lipinski definition) is 1. The predicted octanol–water partition coefficient (Wildman–Crippen LogP) is 2.78. The first-order chi connectivity index (χ1) is 8.98. The lowest BCUT2D eigenvalue weighted by atomic mass is 10.0. The van der Waals surface area contributed by atoms with E-state index in [2.05, 4.69) is 5.32 Å². The number of anilines is 1. The molecular formula is C14H20F2N2O. The van der Waals surface area contributed by atoms with Crippen LogP contribution in [0.2, 0.25) is 0 Å². The van der Waals surface area contributed by atoms with Gasteiger partial charge in [0.1, 0.15) is 5.75 Å². The molecule has 1 atom stereocenters. The fourth-order valence-corrected chi connectivity index (χ4v) is 2.63. The van der Waals surface area contributed by atoms with Gasteiger partial charge in [0.15, 0.2) is 0 Å². The van der Waals surface area contributed by atoms with Crippen LogP contribution in [0.15, 0.2) is 18.2 Å². The fourth-order valence-electron chi connectivity index (χ4n) is 2.63. The Kier molecular flexibility index (Phi) is 3.94. The van der Waals surface area contributed by atoms with E-state index in [1.54, 1.807) is 14.2 Å². The summed E-state index contributed by atoms with van der Waals surface area (Å²) in [5.74, 6) is -1.87. The molecule has 0 bridgehead atoms. The monoisotopic (exact) mass is 270 g/mol. The minimum atomic E-state index is -2.60. The van der Waals surface area contributed by atoms with Gasteiger partial charge in [-0.25, -0.2) is 8.78 Å². The molecule has 3 nitrogen and oxygen atoms in total. The number of rotatable bonds is 3. The van der Waals surface area contributed by atoms with Gasteiger partial charge in [-0.1, -0.05) is 12.1 Å². The van der Waals surface area contributed by atoms with E-state index in [-0.39, 0.29) is 19.0 Å². The number of ether oxygens (including phenoxy) is 1. The molecule has 0 amide bonds. The van der Waals surface area contributed by atoms with Gasteiger partial charge in [0.2, 0.25) is 0 Å². The fraction of sp³-hybridized carbons (Fsp3) is 0.571. The molecule has 19 heavy (non-hydrogen) atoms. The van der Waals surface area contributed by atoms with Crippen molar-refractivity contribution in [2.45, 2.75) is 31.9 Å². The molecule has 1 aromatic carbocycles. The number of nitrogens with one attached hydrogen (secondary N) is 1. The molecule has 0 radical (unpaired) electrons. The van der Waals surface area contributed by atoms with Crippen LogP contribution >= 0.6 is 0 Å². The van der Waals surface area contributed by atoms with Crippen LogP contribution < -0.4 is 15.0 Å². The van der Waals surface area contributed by atoms with Gasteiger partial charge in [-0.2, -0.15) is 0 Å². The largest absolute Gasteiger partial charge is 0.495 e. The summed E-state index contributed by atoms with van der Waals surface area (Å²) in [6.07, 6.45) is -0.678. The lowest BCUT2D eigenvalue weighted by Gasteiger charge is -2.41. The quantitative estimate of drug-likeness (QED) is 0.914. The van der Waals surface area contributed by atoms with E-state index in [1.807, 2.05) is 30.0 Å². The molecule has 1 saturated heterocycles. The van der Waals surface area contributed by atoms with E-state index in [4.69, 9.17) is 4.74 Å². The highest BCUT2D eigenvalue weighted by Crippen LogP contribution is 2.39. The third-order valence-corrected chi connectivity index (χ3v) is 3.63. The molecule has 1 heterocycles. The first-order valence-corrected chi connectivity index (χ1v) is 6.44. The summed E-state index contributed by atoms with van der Waals surface area (Å²) in [5.41, 5.74) is 1.93. The second-order valence-corrected chi connectivity index (χ2v) is 4.93. The van der Waals surface area contributed by atoms with Crippen molar-refractivity contribution in [3.8, 4) is 5.75 Å². The normalized spacial score (nSPS) is 22.4. The van der Waals surface area contributed by atoms with Crippen molar-refractivity contribution in [1.29, 1.82) is 0 Å². The smallest absolute Gasteiger partial charge is 0.253 e. The average Bonchev–Trinajstić information content (AvgIpc) is 2.38. The Morgan fingerprint density at radius 1 is 1.42 bits per heavy atom. The first kappa shape index (κ1) is 14.1. The van der Waals surface area contributed by atoms with Gasteiger partial charge in [0, 0.05) is 19.4 Å². The summed E-state index contributed by atoms with van der Waals surface area (Å²) >= 11 is 0. The number of nitrogens with zero attached hydrogens (tertiary/aromatic N) is 1. The number of aryl methyl sites for hydroxylation is 1. The highest BCUT2D eigenvalue weighted by Gasteiger charge is 2.40. The van der Waals surface area contributed by atoms with Crippen LogP contribution in [0.5, 0.6) is 5.75 Å². The van der Waals surface area contributed by atoms with Crippen molar-refractivity contribution >= 4 is 5.69 Å². The number of methoxy groups -OCH3 is 1. The van der Waals surface area contributed by atoms with Crippen molar-refractivity contribution in [1.82, 2.24) is 5.32 Å². The number of halogens is 2. The summed E-state index contributed by atoms with van der Waals surface area (Å²) in [4.78, 5) is 1.98. The van der Waals surface area contributed by atoms with Crippen LogP contribution in [0.25, 0.3) is 0 Å². The number of hydrogen-bond acceptors (Lipinski definition) is 3. The van der Waals surface area contributed by atoms with Gasteiger partial charge in [0.05, 0.1) is 19.0 Å². The SMILES string of the molecule is CNC1CC(F)(F)CCN1c1c(C)cccc1OC. The molecule has 2 rings (SSSR count). The standard InChI is InChI=1S/C14H20F2N2O/c1-10-5-4-6-11(19-3)13(10)18-8-7-14(15,16)9-12(18)17-2/h4-6,12,17H,7-9H2,1-3H3. The highest BCUT2D eigenvalue weighted by molar-refractivity contribution is 5.64. The summed E-state index contributed by atoms with van der Waals surface area (Å²) < 4.78 is 32.4. The molecule has 0 aromatic heterocycles. The molecule has 106 valence electrons. The molecule has 0 aliphatic carbocycles. The molecule has 1 fully saturated rings. The van der Waals surface area contributed by atoms with Gasteiger partial charge in [0.25, 0.3) is 5.92 Å². The van der Waals surface area contributed by atoms with Crippen molar-refractivity contribution < 1.29 is 13.5 Å². The Labute approximate surface area is 112 Å². The molecule has 0 spiro atoms. The summed E-state index contributed by atoms with van der Waals surface area (Å²) in [5, 5.41) is 2.98. The van der Waals surface area contributed by atoms with Gasteiger partial charge in [-0.3, -0.25) is 0 Å². The zero-order valence-electron chi connectivity index (χ0n) is 11.5. The first-order valence-electron chi connectivity index (χ1n) is 6.44. The highest BCUT2D eigenvalue weighted by atomic mass is 19.3. The molecule has 1 unspecified atom stereocenters. The average molecular weight is 270 g/mol.